The van der Waals surface area contributed by atoms with Crippen LogP contribution < -0.4 is 0 Å². The lowest BCUT2D eigenvalue weighted by molar-refractivity contribution is 0.0599. The highest BCUT2D eigenvalue weighted by atomic mass is 16.2. The highest BCUT2D eigenvalue weighted by molar-refractivity contribution is 5.92. The number of carbonyl (C=O) groups excluding carboxylic acids is 1. The molecule has 0 aliphatic carbocycles. The van der Waals surface area contributed by atoms with Crippen molar-refractivity contribution < 1.29 is 4.79 Å². The summed E-state index contributed by atoms with van der Waals surface area (Å²) in [6, 6.07) is 3.95. The number of piperazine rings is 1. The van der Waals surface area contributed by atoms with Gasteiger partial charge in [0, 0.05) is 32.4 Å². The van der Waals surface area contributed by atoms with Crippen molar-refractivity contribution in [2.24, 2.45) is 0 Å². The highest BCUT2D eigenvalue weighted by Gasteiger charge is 2.26. The van der Waals surface area contributed by atoms with Gasteiger partial charge in [-0.2, -0.15) is 10.4 Å². The van der Waals surface area contributed by atoms with Gasteiger partial charge in [0.25, 0.3) is 5.91 Å². The molecule has 1 aromatic heterocycles. The Morgan fingerprint density at radius 1 is 1.56 bits per heavy atom. The van der Waals surface area contributed by atoms with Gasteiger partial charge in [0.2, 0.25) is 0 Å². The number of nitriles is 1. The molecule has 0 spiro atoms. The van der Waals surface area contributed by atoms with E-state index in [1.54, 1.807) is 17.2 Å². The summed E-state index contributed by atoms with van der Waals surface area (Å²) in [5.41, 5.74) is 0.524. The van der Waals surface area contributed by atoms with Crippen LogP contribution >= 0.6 is 0 Å². The van der Waals surface area contributed by atoms with Gasteiger partial charge in [0.05, 0.1) is 12.1 Å². The Balaban J connectivity index is 1.91. The maximum Gasteiger partial charge on any atom is 0.271 e. The minimum atomic E-state index is -0.0330. The standard InChI is InChI=1S/C12H17N5O/c1-2-10(9-13)16-5-7-17(8-6-16)12(18)11-3-4-14-15-11/h3-4,10H,2,5-8H2,1H3,(H,14,15). The second-order valence-electron chi connectivity index (χ2n) is 4.35. The molecule has 1 aromatic rings. The smallest absolute Gasteiger partial charge is 0.271 e. The monoisotopic (exact) mass is 247 g/mol. The molecule has 1 N–H and O–H groups in total. The number of hydrogen-bond acceptors (Lipinski definition) is 4. The van der Waals surface area contributed by atoms with Gasteiger partial charge in [-0.1, -0.05) is 6.92 Å². The van der Waals surface area contributed by atoms with Crippen molar-refractivity contribution in [3.05, 3.63) is 18.0 Å². The minimum absolute atomic E-state index is 0.0165. The average Bonchev–Trinajstić information content (AvgIpc) is 2.94. The number of rotatable bonds is 3. The SMILES string of the molecule is CCC(C#N)N1CCN(C(=O)c2ccn[nH]2)CC1. The van der Waals surface area contributed by atoms with Crippen molar-refractivity contribution in [3.8, 4) is 6.07 Å². The van der Waals surface area contributed by atoms with Gasteiger partial charge in [-0.15, -0.1) is 0 Å². The molecular formula is C12H17N5O. The summed E-state index contributed by atoms with van der Waals surface area (Å²) in [6.45, 7) is 4.85. The third-order valence-corrected chi connectivity index (χ3v) is 3.31. The van der Waals surface area contributed by atoms with Gasteiger partial charge in [-0.3, -0.25) is 14.8 Å². The summed E-state index contributed by atoms with van der Waals surface area (Å²) >= 11 is 0. The van der Waals surface area contributed by atoms with Gasteiger partial charge in [-0.05, 0) is 12.5 Å². The summed E-state index contributed by atoms with van der Waals surface area (Å²) in [6.07, 6.45) is 2.40. The lowest BCUT2D eigenvalue weighted by atomic mass is 10.2. The van der Waals surface area contributed by atoms with Crippen LogP contribution in [0.5, 0.6) is 0 Å². The van der Waals surface area contributed by atoms with E-state index < -0.39 is 0 Å². The van der Waals surface area contributed by atoms with E-state index in [1.165, 1.54) is 0 Å². The maximum atomic E-state index is 12.0. The lowest BCUT2D eigenvalue weighted by Crippen LogP contribution is -2.51. The number of H-pyrrole nitrogens is 1. The molecule has 1 unspecified atom stereocenters. The zero-order chi connectivity index (χ0) is 13.0. The van der Waals surface area contributed by atoms with Crippen LogP contribution in [0, 0.1) is 11.3 Å². The summed E-state index contributed by atoms with van der Waals surface area (Å²) < 4.78 is 0. The van der Waals surface area contributed by atoms with Crippen molar-refractivity contribution in [3.63, 3.8) is 0 Å². The molecule has 1 amide bonds. The van der Waals surface area contributed by atoms with Crippen molar-refractivity contribution >= 4 is 5.91 Å². The van der Waals surface area contributed by atoms with Crippen molar-refractivity contribution in [2.75, 3.05) is 26.2 Å². The van der Waals surface area contributed by atoms with Gasteiger partial charge in [-0.25, -0.2) is 0 Å². The summed E-state index contributed by atoms with van der Waals surface area (Å²) in [5.74, 6) is -0.0165. The molecule has 6 nitrogen and oxygen atoms in total. The van der Waals surface area contributed by atoms with E-state index >= 15 is 0 Å². The van der Waals surface area contributed by atoms with Crippen LogP contribution in [0.3, 0.4) is 0 Å². The van der Waals surface area contributed by atoms with E-state index in [0.717, 1.165) is 19.5 Å². The van der Waals surface area contributed by atoms with E-state index in [2.05, 4.69) is 21.2 Å². The third-order valence-electron chi connectivity index (χ3n) is 3.31. The Labute approximate surface area is 106 Å². The summed E-state index contributed by atoms with van der Waals surface area (Å²) in [7, 11) is 0. The Kier molecular flexibility index (Phi) is 3.95. The molecule has 96 valence electrons. The van der Waals surface area contributed by atoms with E-state index in [9.17, 15) is 4.79 Å². The molecule has 0 bridgehead atoms. The van der Waals surface area contributed by atoms with Crippen LogP contribution in [0.25, 0.3) is 0 Å². The second kappa shape index (κ2) is 5.65. The number of aromatic amines is 1. The van der Waals surface area contributed by atoms with E-state index in [-0.39, 0.29) is 11.9 Å². The Morgan fingerprint density at radius 3 is 2.78 bits per heavy atom. The zero-order valence-corrected chi connectivity index (χ0v) is 10.5. The fraction of sp³-hybridized carbons (Fsp3) is 0.583. The molecule has 2 rings (SSSR count). The molecule has 2 heterocycles. The second-order valence-corrected chi connectivity index (χ2v) is 4.35. The molecule has 0 aromatic carbocycles. The van der Waals surface area contributed by atoms with E-state index in [1.807, 2.05) is 6.92 Å². The molecule has 6 heteroatoms. The van der Waals surface area contributed by atoms with Crippen molar-refractivity contribution in [1.29, 1.82) is 5.26 Å². The number of nitrogens with zero attached hydrogens (tertiary/aromatic N) is 4. The Hall–Kier alpha value is -1.87. The first-order valence-electron chi connectivity index (χ1n) is 6.18. The van der Waals surface area contributed by atoms with E-state index in [0.29, 0.717) is 18.8 Å². The Morgan fingerprint density at radius 2 is 2.28 bits per heavy atom. The number of carbonyl (C=O) groups is 1. The van der Waals surface area contributed by atoms with Gasteiger partial charge in [0.1, 0.15) is 5.69 Å². The molecular weight excluding hydrogens is 230 g/mol. The first-order valence-corrected chi connectivity index (χ1v) is 6.18. The lowest BCUT2D eigenvalue weighted by Gasteiger charge is -2.36. The van der Waals surface area contributed by atoms with Crippen molar-refractivity contribution in [2.45, 2.75) is 19.4 Å². The average molecular weight is 247 g/mol. The summed E-state index contributed by atoms with van der Waals surface area (Å²) in [4.78, 5) is 16.0. The number of aromatic nitrogens is 2. The number of nitrogens with one attached hydrogen (secondary N) is 1. The molecule has 1 aliphatic rings. The molecule has 18 heavy (non-hydrogen) atoms. The topological polar surface area (TPSA) is 76.0 Å². The van der Waals surface area contributed by atoms with Crippen LogP contribution in [0.15, 0.2) is 12.3 Å². The number of amides is 1. The van der Waals surface area contributed by atoms with Crippen LogP contribution in [-0.2, 0) is 0 Å². The quantitative estimate of drug-likeness (QED) is 0.842. The fourth-order valence-corrected chi connectivity index (χ4v) is 2.21. The first-order chi connectivity index (χ1) is 8.76. The predicted octanol–water partition coefficient (Wildman–Crippen LogP) is 0.470. The molecule has 1 atom stereocenters. The Bertz CT molecular complexity index is 428. The van der Waals surface area contributed by atoms with Crippen LogP contribution in [-0.4, -0.2) is 58.1 Å². The first kappa shape index (κ1) is 12.6. The maximum absolute atomic E-state index is 12.0. The van der Waals surface area contributed by atoms with Crippen LogP contribution in [0.2, 0.25) is 0 Å². The number of hydrogen-bond donors (Lipinski definition) is 1. The molecule has 0 saturated carbocycles. The van der Waals surface area contributed by atoms with Gasteiger partial charge in [0.15, 0.2) is 0 Å². The normalized spacial score (nSPS) is 18.3. The molecule has 1 aliphatic heterocycles. The highest BCUT2D eigenvalue weighted by Crippen LogP contribution is 2.10. The molecule has 0 radical (unpaired) electrons. The molecule has 1 fully saturated rings. The van der Waals surface area contributed by atoms with Gasteiger partial charge >= 0.3 is 0 Å². The third kappa shape index (κ3) is 2.51. The minimum Gasteiger partial charge on any atom is -0.335 e. The fourth-order valence-electron chi connectivity index (χ4n) is 2.21. The van der Waals surface area contributed by atoms with Crippen LogP contribution in [0.4, 0.5) is 0 Å². The van der Waals surface area contributed by atoms with E-state index in [4.69, 9.17) is 5.26 Å². The zero-order valence-electron chi connectivity index (χ0n) is 10.5. The summed E-state index contributed by atoms with van der Waals surface area (Å²) in [5, 5.41) is 15.5. The van der Waals surface area contributed by atoms with Crippen molar-refractivity contribution in [1.82, 2.24) is 20.0 Å². The van der Waals surface area contributed by atoms with Gasteiger partial charge < -0.3 is 4.90 Å². The largest absolute Gasteiger partial charge is 0.335 e. The predicted molar refractivity (Wildman–Crippen MR) is 65.8 cm³/mol. The van der Waals surface area contributed by atoms with Crippen LogP contribution in [0.1, 0.15) is 23.8 Å². The molecule has 1 saturated heterocycles.